The maximum Gasteiger partial charge on any atom is 0.213 e. The largest absolute Gasteiger partial charge is 0.485 e. The van der Waals surface area contributed by atoms with E-state index in [0.29, 0.717) is 17.2 Å². The van der Waals surface area contributed by atoms with Gasteiger partial charge in [-0.05, 0) is 43.3 Å². The molecule has 84 valence electrons. The van der Waals surface area contributed by atoms with Crippen LogP contribution in [0.4, 0.5) is 0 Å². The number of ether oxygens (including phenoxy) is 1. The summed E-state index contributed by atoms with van der Waals surface area (Å²) in [5.41, 5.74) is 2.29. The molecule has 0 aliphatic carbocycles. The van der Waals surface area contributed by atoms with E-state index >= 15 is 0 Å². The molecule has 0 saturated carbocycles. The summed E-state index contributed by atoms with van der Waals surface area (Å²) >= 11 is 4.86. The molecule has 0 saturated heterocycles. The van der Waals surface area contributed by atoms with Crippen molar-refractivity contribution < 1.29 is 4.74 Å². The first kappa shape index (κ1) is 10.9. The van der Waals surface area contributed by atoms with Crippen molar-refractivity contribution in [1.29, 1.82) is 0 Å². The molecule has 0 atom stereocenters. The van der Waals surface area contributed by atoms with Gasteiger partial charge in [0.1, 0.15) is 12.4 Å². The molecular weight excluding hydrogens is 222 g/mol. The Kier molecular flexibility index (Phi) is 3.05. The molecule has 0 unspecified atom stereocenters. The molecule has 0 aliphatic heterocycles. The number of nitrogens with one attached hydrogen (secondary N) is 2. The van der Waals surface area contributed by atoms with Crippen LogP contribution in [0.15, 0.2) is 18.2 Å². The number of rotatable bonds is 3. The van der Waals surface area contributed by atoms with Crippen molar-refractivity contribution in [2.45, 2.75) is 20.5 Å². The van der Waals surface area contributed by atoms with Gasteiger partial charge in [0.2, 0.25) is 4.77 Å². The minimum absolute atomic E-state index is 0.386. The van der Waals surface area contributed by atoms with E-state index in [1.165, 1.54) is 5.56 Å². The summed E-state index contributed by atoms with van der Waals surface area (Å²) in [6, 6.07) is 6.11. The van der Waals surface area contributed by atoms with Gasteiger partial charge in [-0.25, -0.2) is 4.98 Å². The van der Waals surface area contributed by atoms with Gasteiger partial charge >= 0.3 is 0 Å². The fourth-order valence-corrected chi connectivity index (χ4v) is 1.54. The molecule has 16 heavy (non-hydrogen) atoms. The number of hydrogen-bond donors (Lipinski definition) is 2. The minimum Gasteiger partial charge on any atom is -0.485 e. The molecule has 4 nitrogen and oxygen atoms in total. The van der Waals surface area contributed by atoms with Crippen molar-refractivity contribution in [3.8, 4) is 5.75 Å². The molecule has 2 N–H and O–H groups in total. The van der Waals surface area contributed by atoms with Crippen LogP contribution in [-0.4, -0.2) is 15.2 Å². The van der Waals surface area contributed by atoms with Crippen molar-refractivity contribution in [1.82, 2.24) is 15.2 Å². The van der Waals surface area contributed by atoms with Gasteiger partial charge in [0.15, 0.2) is 5.82 Å². The number of aromatic nitrogens is 3. The highest BCUT2D eigenvalue weighted by Crippen LogP contribution is 2.19. The zero-order chi connectivity index (χ0) is 11.5. The smallest absolute Gasteiger partial charge is 0.213 e. The van der Waals surface area contributed by atoms with Gasteiger partial charge in [0.25, 0.3) is 0 Å². The van der Waals surface area contributed by atoms with Gasteiger partial charge in [-0.2, -0.15) is 0 Å². The Morgan fingerprint density at radius 2 is 2.12 bits per heavy atom. The lowest BCUT2D eigenvalue weighted by Crippen LogP contribution is -1.99. The topological polar surface area (TPSA) is 53.7 Å². The third-order valence-corrected chi connectivity index (χ3v) is 2.45. The first-order chi connectivity index (χ1) is 7.65. The van der Waals surface area contributed by atoms with Crippen LogP contribution in [0.5, 0.6) is 5.75 Å². The van der Waals surface area contributed by atoms with Crippen LogP contribution < -0.4 is 4.74 Å². The summed E-state index contributed by atoms with van der Waals surface area (Å²) in [5.74, 6) is 1.58. The SMILES string of the molecule is Cc1ccc(C)c(OCc2nc(=S)[nH][nH]2)c1. The molecular formula is C11H13N3OS. The Balaban J connectivity index is 2.10. The van der Waals surface area contributed by atoms with Gasteiger partial charge in [0.05, 0.1) is 0 Å². The van der Waals surface area contributed by atoms with E-state index in [9.17, 15) is 0 Å². The number of benzene rings is 1. The van der Waals surface area contributed by atoms with Crippen LogP contribution in [-0.2, 0) is 6.61 Å². The second-order valence-corrected chi connectivity index (χ2v) is 4.06. The predicted octanol–water partition coefficient (Wildman–Crippen LogP) is 2.66. The highest BCUT2D eigenvalue weighted by atomic mass is 32.1. The number of aryl methyl sites for hydroxylation is 2. The summed E-state index contributed by atoms with van der Waals surface area (Å²) in [7, 11) is 0. The molecule has 0 fully saturated rings. The number of aromatic amines is 2. The lowest BCUT2D eigenvalue weighted by atomic mass is 10.1. The van der Waals surface area contributed by atoms with Crippen LogP contribution in [0.25, 0.3) is 0 Å². The fourth-order valence-electron chi connectivity index (χ4n) is 1.38. The predicted molar refractivity (Wildman–Crippen MR) is 64.0 cm³/mol. The summed E-state index contributed by atoms with van der Waals surface area (Å²) < 4.78 is 6.10. The molecule has 0 radical (unpaired) electrons. The summed E-state index contributed by atoms with van der Waals surface area (Å²) in [6.45, 7) is 4.44. The highest BCUT2D eigenvalue weighted by Gasteiger charge is 2.02. The fraction of sp³-hybridized carbons (Fsp3) is 0.273. The molecule has 1 aromatic heterocycles. The first-order valence-electron chi connectivity index (χ1n) is 4.99. The minimum atomic E-state index is 0.386. The molecule has 0 aliphatic rings. The number of nitrogens with zero attached hydrogens (tertiary/aromatic N) is 1. The van der Waals surface area contributed by atoms with Crippen molar-refractivity contribution in [3.05, 3.63) is 39.9 Å². The van der Waals surface area contributed by atoms with Gasteiger partial charge in [0, 0.05) is 0 Å². The van der Waals surface area contributed by atoms with Crippen LogP contribution in [0.3, 0.4) is 0 Å². The van der Waals surface area contributed by atoms with Gasteiger partial charge in [-0.1, -0.05) is 12.1 Å². The second kappa shape index (κ2) is 4.49. The van der Waals surface area contributed by atoms with Gasteiger partial charge < -0.3 is 4.74 Å². The lowest BCUT2D eigenvalue weighted by Gasteiger charge is -2.08. The van der Waals surface area contributed by atoms with Crippen molar-refractivity contribution >= 4 is 12.2 Å². The first-order valence-corrected chi connectivity index (χ1v) is 5.39. The summed E-state index contributed by atoms with van der Waals surface area (Å²) in [5, 5.41) is 5.57. The molecule has 0 spiro atoms. The monoisotopic (exact) mass is 235 g/mol. The Labute approximate surface area is 98.7 Å². The zero-order valence-corrected chi connectivity index (χ0v) is 10.0. The van der Waals surface area contributed by atoms with E-state index in [2.05, 4.69) is 21.2 Å². The van der Waals surface area contributed by atoms with Gasteiger partial charge in [-0.3, -0.25) is 10.2 Å². The maximum absolute atomic E-state index is 5.66. The lowest BCUT2D eigenvalue weighted by molar-refractivity contribution is 0.294. The molecule has 1 aromatic carbocycles. The Morgan fingerprint density at radius 3 is 2.81 bits per heavy atom. The zero-order valence-electron chi connectivity index (χ0n) is 9.20. The molecule has 2 aromatic rings. The van der Waals surface area contributed by atoms with Crippen molar-refractivity contribution in [3.63, 3.8) is 0 Å². The average Bonchev–Trinajstić information content (AvgIpc) is 2.66. The third kappa shape index (κ3) is 2.49. The standard InChI is InChI=1S/C11H13N3OS/c1-7-3-4-8(2)9(5-7)15-6-10-12-11(16)14-13-10/h3-5H,6H2,1-2H3,(H2,12,13,14,16). The van der Waals surface area contributed by atoms with Crippen LogP contribution in [0.1, 0.15) is 17.0 Å². The van der Waals surface area contributed by atoms with E-state index in [0.717, 1.165) is 11.3 Å². The summed E-state index contributed by atoms with van der Waals surface area (Å²) in [4.78, 5) is 4.06. The van der Waals surface area contributed by atoms with Gasteiger partial charge in [-0.15, -0.1) is 0 Å². The Morgan fingerprint density at radius 1 is 1.31 bits per heavy atom. The molecule has 1 heterocycles. The van der Waals surface area contributed by atoms with Crippen LogP contribution in [0.2, 0.25) is 0 Å². The second-order valence-electron chi connectivity index (χ2n) is 3.67. The Hall–Kier alpha value is -1.62. The quantitative estimate of drug-likeness (QED) is 0.804. The highest BCUT2D eigenvalue weighted by molar-refractivity contribution is 7.71. The van der Waals surface area contributed by atoms with E-state index in [-0.39, 0.29) is 0 Å². The number of hydrogen-bond acceptors (Lipinski definition) is 3. The van der Waals surface area contributed by atoms with Crippen LogP contribution >= 0.6 is 12.2 Å². The number of H-pyrrole nitrogens is 2. The average molecular weight is 235 g/mol. The maximum atomic E-state index is 5.66. The Bertz CT molecular complexity index is 544. The van der Waals surface area contributed by atoms with E-state index in [1.54, 1.807) is 0 Å². The van der Waals surface area contributed by atoms with E-state index in [1.807, 2.05) is 26.0 Å². The van der Waals surface area contributed by atoms with Crippen molar-refractivity contribution in [2.24, 2.45) is 0 Å². The molecule has 0 bridgehead atoms. The van der Waals surface area contributed by atoms with Crippen LogP contribution in [0, 0.1) is 18.6 Å². The van der Waals surface area contributed by atoms with Crippen molar-refractivity contribution in [2.75, 3.05) is 0 Å². The normalized spacial score (nSPS) is 10.4. The third-order valence-electron chi connectivity index (χ3n) is 2.26. The summed E-state index contributed by atoms with van der Waals surface area (Å²) in [6.07, 6.45) is 0. The molecule has 0 amide bonds. The molecule has 5 heteroatoms. The van der Waals surface area contributed by atoms with E-state index in [4.69, 9.17) is 17.0 Å². The van der Waals surface area contributed by atoms with E-state index < -0.39 is 0 Å². The molecule has 2 rings (SSSR count).